The molecular weight excluding hydrogens is 426 g/mol. The number of anilines is 1. The minimum Gasteiger partial charge on any atom is -0.495 e. The molecule has 1 unspecified atom stereocenters. The lowest BCUT2D eigenvalue weighted by molar-refractivity contribution is -0.122. The lowest BCUT2D eigenvalue weighted by Crippen LogP contribution is -2.47. The summed E-state index contributed by atoms with van der Waals surface area (Å²) < 4.78 is 31.7. The van der Waals surface area contributed by atoms with Crippen molar-refractivity contribution >= 4 is 21.6 Å². The van der Waals surface area contributed by atoms with E-state index < -0.39 is 16.1 Å². The summed E-state index contributed by atoms with van der Waals surface area (Å²) >= 11 is 0. The normalized spacial score (nSPS) is 15.4. The quantitative estimate of drug-likeness (QED) is 0.624. The first-order valence-corrected chi connectivity index (χ1v) is 12.8. The Labute approximate surface area is 191 Å². The van der Waals surface area contributed by atoms with Crippen LogP contribution in [0.25, 0.3) is 0 Å². The fraction of sp³-hybridized carbons (Fsp3) is 0.458. The molecule has 3 rings (SSSR count). The van der Waals surface area contributed by atoms with Crippen molar-refractivity contribution in [1.29, 1.82) is 0 Å². The van der Waals surface area contributed by atoms with Crippen LogP contribution in [0.15, 0.2) is 42.5 Å². The molecule has 2 aromatic carbocycles. The summed E-state index contributed by atoms with van der Waals surface area (Å²) in [5.74, 6) is 0.0226. The summed E-state index contributed by atoms with van der Waals surface area (Å²) in [5.41, 5.74) is 3.44. The van der Waals surface area contributed by atoms with Crippen LogP contribution in [0.4, 0.5) is 5.69 Å². The molecule has 1 fully saturated rings. The summed E-state index contributed by atoms with van der Waals surface area (Å²) in [7, 11) is -2.24. The fourth-order valence-electron chi connectivity index (χ4n) is 4.05. The number of likely N-dealkylation sites (tertiary alicyclic amines) is 1. The maximum Gasteiger partial charge on any atom is 0.243 e. The van der Waals surface area contributed by atoms with E-state index in [1.54, 1.807) is 19.1 Å². The SMILES string of the molecule is COc1ccc(C)cc1N(C(C)C(=O)NCc1ccc(CN2CCCC2)cc1)S(C)(=O)=O. The molecule has 0 spiro atoms. The zero-order valence-electron chi connectivity index (χ0n) is 19.3. The molecule has 0 aliphatic carbocycles. The van der Waals surface area contributed by atoms with Crippen molar-refractivity contribution in [3.05, 3.63) is 59.2 Å². The van der Waals surface area contributed by atoms with Crippen LogP contribution >= 0.6 is 0 Å². The number of rotatable bonds is 9. The van der Waals surface area contributed by atoms with E-state index in [0.717, 1.165) is 41.3 Å². The molecular formula is C24H33N3O4S. The van der Waals surface area contributed by atoms with Crippen molar-refractivity contribution < 1.29 is 17.9 Å². The molecule has 1 saturated heterocycles. The van der Waals surface area contributed by atoms with Gasteiger partial charge in [-0.2, -0.15) is 0 Å². The van der Waals surface area contributed by atoms with Gasteiger partial charge < -0.3 is 10.1 Å². The second kappa shape index (κ2) is 10.4. The molecule has 1 aliphatic rings. The first-order valence-electron chi connectivity index (χ1n) is 10.9. The van der Waals surface area contributed by atoms with Gasteiger partial charge in [0.25, 0.3) is 0 Å². The molecule has 7 nitrogen and oxygen atoms in total. The predicted octanol–water partition coefficient (Wildman–Crippen LogP) is 3.07. The lowest BCUT2D eigenvalue weighted by Gasteiger charge is -2.29. The number of benzene rings is 2. The Kier molecular flexibility index (Phi) is 7.79. The highest BCUT2D eigenvalue weighted by atomic mass is 32.2. The second-order valence-electron chi connectivity index (χ2n) is 8.43. The van der Waals surface area contributed by atoms with Crippen molar-refractivity contribution in [2.75, 3.05) is 30.8 Å². The van der Waals surface area contributed by atoms with Crippen molar-refractivity contribution in [1.82, 2.24) is 10.2 Å². The van der Waals surface area contributed by atoms with Crippen LogP contribution in [0.2, 0.25) is 0 Å². The van der Waals surface area contributed by atoms with Gasteiger partial charge in [-0.15, -0.1) is 0 Å². The maximum atomic E-state index is 12.9. The van der Waals surface area contributed by atoms with E-state index >= 15 is 0 Å². The van der Waals surface area contributed by atoms with Gasteiger partial charge in [-0.3, -0.25) is 14.0 Å². The molecule has 1 heterocycles. The Balaban J connectivity index is 1.68. The van der Waals surface area contributed by atoms with E-state index in [9.17, 15) is 13.2 Å². The van der Waals surface area contributed by atoms with Crippen LogP contribution in [-0.2, 0) is 27.9 Å². The molecule has 1 amide bonds. The number of ether oxygens (including phenoxy) is 1. The van der Waals surface area contributed by atoms with E-state index in [2.05, 4.69) is 22.3 Å². The number of methoxy groups -OCH3 is 1. The summed E-state index contributed by atoms with van der Waals surface area (Å²) in [6.45, 7) is 7.02. The van der Waals surface area contributed by atoms with Crippen molar-refractivity contribution in [2.24, 2.45) is 0 Å². The third-order valence-corrected chi connectivity index (χ3v) is 6.98. The van der Waals surface area contributed by atoms with Crippen LogP contribution in [0.1, 0.15) is 36.5 Å². The number of aryl methyl sites for hydroxylation is 1. The number of carbonyl (C=O) groups excluding carboxylic acids is 1. The second-order valence-corrected chi connectivity index (χ2v) is 10.3. The lowest BCUT2D eigenvalue weighted by atomic mass is 10.1. The monoisotopic (exact) mass is 459 g/mol. The van der Waals surface area contributed by atoms with Gasteiger partial charge in [0.2, 0.25) is 15.9 Å². The van der Waals surface area contributed by atoms with Crippen molar-refractivity contribution in [2.45, 2.75) is 45.8 Å². The van der Waals surface area contributed by atoms with E-state index in [4.69, 9.17) is 4.74 Å². The Morgan fingerprint density at radius 3 is 2.34 bits per heavy atom. The van der Waals surface area contributed by atoms with Gasteiger partial charge in [0.1, 0.15) is 11.8 Å². The zero-order valence-corrected chi connectivity index (χ0v) is 20.1. The highest BCUT2D eigenvalue weighted by Crippen LogP contribution is 2.32. The van der Waals surface area contributed by atoms with Gasteiger partial charge in [-0.25, -0.2) is 8.42 Å². The van der Waals surface area contributed by atoms with E-state index in [1.165, 1.54) is 25.5 Å². The smallest absolute Gasteiger partial charge is 0.243 e. The fourth-order valence-corrected chi connectivity index (χ4v) is 5.22. The van der Waals surface area contributed by atoms with Crippen LogP contribution in [0.5, 0.6) is 5.75 Å². The molecule has 0 radical (unpaired) electrons. The van der Waals surface area contributed by atoms with Crippen molar-refractivity contribution in [3.8, 4) is 5.75 Å². The number of hydrogen-bond donors (Lipinski definition) is 1. The van der Waals surface area contributed by atoms with E-state index in [0.29, 0.717) is 18.0 Å². The average Bonchev–Trinajstić information content (AvgIpc) is 3.25. The topological polar surface area (TPSA) is 79.0 Å². The molecule has 1 N–H and O–H groups in total. The Morgan fingerprint density at radius 1 is 1.12 bits per heavy atom. The molecule has 174 valence electrons. The van der Waals surface area contributed by atoms with Crippen LogP contribution < -0.4 is 14.4 Å². The molecule has 0 saturated carbocycles. The maximum absolute atomic E-state index is 12.9. The summed E-state index contributed by atoms with van der Waals surface area (Å²) in [4.78, 5) is 15.3. The molecule has 32 heavy (non-hydrogen) atoms. The first kappa shape index (κ1) is 24.1. The standard InChI is InChI=1S/C24H33N3O4S/c1-18-7-12-23(31-3)22(15-18)27(32(4,29)30)19(2)24(28)25-16-20-8-10-21(11-9-20)17-26-13-5-6-14-26/h7-12,15,19H,5-6,13-14,16-17H2,1-4H3,(H,25,28). The van der Waals surface area contributed by atoms with Gasteiger partial charge in [0.05, 0.1) is 19.1 Å². The summed E-state index contributed by atoms with van der Waals surface area (Å²) in [6, 6.07) is 12.5. The Morgan fingerprint density at radius 2 is 1.75 bits per heavy atom. The zero-order chi connectivity index (χ0) is 23.3. The van der Waals surface area contributed by atoms with Gasteiger partial charge in [-0.1, -0.05) is 30.3 Å². The Hall–Kier alpha value is -2.58. The highest BCUT2D eigenvalue weighted by Gasteiger charge is 2.31. The van der Waals surface area contributed by atoms with Crippen LogP contribution in [-0.4, -0.2) is 51.7 Å². The molecule has 1 aliphatic heterocycles. The number of sulfonamides is 1. The number of carbonyl (C=O) groups is 1. The van der Waals surface area contributed by atoms with Gasteiger partial charge in [0, 0.05) is 13.1 Å². The average molecular weight is 460 g/mol. The van der Waals surface area contributed by atoms with Crippen molar-refractivity contribution in [3.63, 3.8) is 0 Å². The van der Waals surface area contributed by atoms with Gasteiger partial charge >= 0.3 is 0 Å². The van der Waals surface area contributed by atoms with E-state index in [1.807, 2.05) is 25.1 Å². The minimum atomic E-state index is -3.72. The Bertz CT molecular complexity index is 1030. The molecule has 0 aromatic heterocycles. The minimum absolute atomic E-state index is 0.329. The van der Waals surface area contributed by atoms with Gasteiger partial charge in [-0.05, 0) is 68.6 Å². The molecule has 2 aromatic rings. The van der Waals surface area contributed by atoms with E-state index in [-0.39, 0.29) is 5.91 Å². The molecule has 1 atom stereocenters. The number of amides is 1. The summed E-state index contributed by atoms with van der Waals surface area (Å²) in [6.07, 6.45) is 3.63. The number of nitrogens with one attached hydrogen (secondary N) is 1. The van der Waals surface area contributed by atoms with Crippen LogP contribution in [0.3, 0.4) is 0 Å². The number of nitrogens with zero attached hydrogens (tertiary/aromatic N) is 2. The highest BCUT2D eigenvalue weighted by molar-refractivity contribution is 7.92. The third kappa shape index (κ3) is 6.01. The molecule has 0 bridgehead atoms. The molecule has 8 heteroatoms. The third-order valence-electron chi connectivity index (χ3n) is 5.75. The van der Waals surface area contributed by atoms with Gasteiger partial charge in [0.15, 0.2) is 0 Å². The number of hydrogen-bond acceptors (Lipinski definition) is 5. The first-order chi connectivity index (χ1) is 15.2. The predicted molar refractivity (Wildman–Crippen MR) is 127 cm³/mol. The van der Waals surface area contributed by atoms with Crippen LogP contribution in [0, 0.1) is 6.92 Å². The summed E-state index contributed by atoms with van der Waals surface area (Å²) in [5, 5.41) is 2.87. The largest absolute Gasteiger partial charge is 0.495 e.